The molecule has 0 aliphatic heterocycles. The van der Waals surface area contributed by atoms with Crippen LogP contribution in [0.4, 0.5) is 5.00 Å². The number of halogens is 2. The van der Waals surface area contributed by atoms with Gasteiger partial charge >= 0.3 is 0 Å². The standard InChI is InChI=1S/C16H10Cl2N4O3S2/c17-10-1-2-12(11(18)5-10)24-7-14-21-22-16(25-14)27-8-13(23)20-15-9(6-19)3-4-26-15/h1-5H,7-8H2,(H,20,23). The molecule has 2 aromatic heterocycles. The van der Waals surface area contributed by atoms with Gasteiger partial charge < -0.3 is 14.5 Å². The smallest absolute Gasteiger partial charge is 0.277 e. The van der Waals surface area contributed by atoms with Crippen molar-refractivity contribution < 1.29 is 13.9 Å². The Morgan fingerprint density at radius 3 is 3.00 bits per heavy atom. The number of thiophene rings is 1. The second kappa shape index (κ2) is 9.10. The number of nitrogens with zero attached hydrogens (tertiary/aromatic N) is 3. The molecule has 0 spiro atoms. The summed E-state index contributed by atoms with van der Waals surface area (Å²) in [5.41, 5.74) is 0.427. The molecule has 0 atom stereocenters. The lowest BCUT2D eigenvalue weighted by atomic mass is 10.3. The van der Waals surface area contributed by atoms with Crippen LogP contribution in [0.15, 0.2) is 39.3 Å². The maximum Gasteiger partial charge on any atom is 0.277 e. The lowest BCUT2D eigenvalue weighted by Gasteiger charge is -2.05. The van der Waals surface area contributed by atoms with Crippen LogP contribution in [0.25, 0.3) is 0 Å². The number of carbonyl (C=O) groups is 1. The number of hydrogen-bond acceptors (Lipinski definition) is 8. The SMILES string of the molecule is N#Cc1ccsc1NC(=O)CSc1nnc(COc2ccc(Cl)cc2Cl)o1. The molecule has 0 saturated carbocycles. The van der Waals surface area contributed by atoms with Crippen LogP contribution in [0.3, 0.4) is 0 Å². The lowest BCUT2D eigenvalue weighted by molar-refractivity contribution is -0.113. The maximum atomic E-state index is 12.0. The fraction of sp³-hybridized carbons (Fsp3) is 0.125. The predicted molar refractivity (Wildman–Crippen MR) is 103 cm³/mol. The molecule has 1 N–H and O–H groups in total. The Morgan fingerprint density at radius 2 is 2.22 bits per heavy atom. The Balaban J connectivity index is 1.49. The number of benzene rings is 1. The van der Waals surface area contributed by atoms with Crippen molar-refractivity contribution in [2.75, 3.05) is 11.1 Å². The van der Waals surface area contributed by atoms with Crippen molar-refractivity contribution >= 4 is 57.2 Å². The quantitative estimate of drug-likeness (QED) is 0.534. The van der Waals surface area contributed by atoms with Crippen molar-refractivity contribution in [2.45, 2.75) is 11.8 Å². The van der Waals surface area contributed by atoms with Gasteiger partial charge in [-0.15, -0.1) is 21.5 Å². The van der Waals surface area contributed by atoms with Crippen molar-refractivity contribution in [3.05, 3.63) is 51.1 Å². The summed E-state index contributed by atoms with van der Waals surface area (Å²) in [6.45, 7) is 0.0296. The summed E-state index contributed by atoms with van der Waals surface area (Å²) in [6, 6.07) is 8.51. The van der Waals surface area contributed by atoms with E-state index in [2.05, 4.69) is 15.5 Å². The number of rotatable bonds is 7. The van der Waals surface area contributed by atoms with E-state index in [0.29, 0.717) is 26.4 Å². The summed E-state index contributed by atoms with van der Waals surface area (Å²) in [7, 11) is 0. The molecular formula is C16H10Cl2N4O3S2. The normalized spacial score (nSPS) is 10.4. The minimum atomic E-state index is -0.275. The summed E-state index contributed by atoms with van der Waals surface area (Å²) >= 11 is 14.2. The summed E-state index contributed by atoms with van der Waals surface area (Å²) in [5, 5.41) is 22.7. The summed E-state index contributed by atoms with van der Waals surface area (Å²) in [6.07, 6.45) is 0. The minimum Gasteiger partial charge on any atom is -0.482 e. The second-order valence-electron chi connectivity index (χ2n) is 4.94. The zero-order valence-corrected chi connectivity index (χ0v) is 16.6. The van der Waals surface area contributed by atoms with Gasteiger partial charge in [0.1, 0.15) is 16.8 Å². The van der Waals surface area contributed by atoms with E-state index in [1.807, 2.05) is 6.07 Å². The molecule has 0 bridgehead atoms. The van der Waals surface area contributed by atoms with Crippen molar-refractivity contribution in [1.82, 2.24) is 10.2 Å². The van der Waals surface area contributed by atoms with Crippen LogP contribution in [0.5, 0.6) is 5.75 Å². The molecule has 11 heteroatoms. The number of aromatic nitrogens is 2. The van der Waals surface area contributed by atoms with Gasteiger partial charge in [0.05, 0.1) is 16.3 Å². The third-order valence-corrected chi connectivity index (χ3v) is 5.24. The fourth-order valence-corrected chi connectivity index (χ4v) is 3.67. The minimum absolute atomic E-state index is 0.0296. The summed E-state index contributed by atoms with van der Waals surface area (Å²) in [4.78, 5) is 12.0. The van der Waals surface area contributed by atoms with Crippen LogP contribution in [0.1, 0.15) is 11.5 Å². The Morgan fingerprint density at radius 1 is 1.37 bits per heavy atom. The molecule has 0 radical (unpaired) electrons. The highest BCUT2D eigenvalue weighted by atomic mass is 35.5. The van der Waals surface area contributed by atoms with Crippen molar-refractivity contribution in [1.29, 1.82) is 5.26 Å². The number of amides is 1. The molecule has 0 aliphatic rings. The number of nitriles is 1. The molecule has 27 heavy (non-hydrogen) atoms. The highest BCUT2D eigenvalue weighted by molar-refractivity contribution is 7.99. The van der Waals surface area contributed by atoms with E-state index in [1.54, 1.807) is 29.6 Å². The Kier molecular flexibility index (Phi) is 6.58. The van der Waals surface area contributed by atoms with Crippen LogP contribution in [-0.2, 0) is 11.4 Å². The molecule has 1 amide bonds. The van der Waals surface area contributed by atoms with E-state index >= 15 is 0 Å². The van der Waals surface area contributed by atoms with E-state index in [0.717, 1.165) is 11.8 Å². The molecule has 7 nitrogen and oxygen atoms in total. The Labute approximate surface area is 172 Å². The third kappa shape index (κ3) is 5.37. The molecule has 2 heterocycles. The Bertz CT molecular complexity index is 1000. The fourth-order valence-electron chi connectivity index (χ4n) is 1.87. The van der Waals surface area contributed by atoms with E-state index in [1.165, 1.54) is 11.3 Å². The lowest BCUT2D eigenvalue weighted by Crippen LogP contribution is -2.13. The number of carbonyl (C=O) groups excluding carboxylic acids is 1. The van der Waals surface area contributed by atoms with Gasteiger partial charge in [0.15, 0.2) is 6.61 Å². The van der Waals surface area contributed by atoms with Gasteiger partial charge in [-0.05, 0) is 29.6 Å². The predicted octanol–water partition coefficient (Wildman–Crippen LogP) is 4.62. The first-order chi connectivity index (χ1) is 13.0. The number of anilines is 1. The zero-order valence-electron chi connectivity index (χ0n) is 13.4. The largest absolute Gasteiger partial charge is 0.482 e. The van der Waals surface area contributed by atoms with Gasteiger partial charge in [0.25, 0.3) is 11.1 Å². The van der Waals surface area contributed by atoms with Gasteiger partial charge in [-0.1, -0.05) is 35.0 Å². The van der Waals surface area contributed by atoms with Gasteiger partial charge in [-0.25, -0.2) is 0 Å². The molecular weight excluding hydrogens is 431 g/mol. The molecule has 3 aromatic rings. The first-order valence-electron chi connectivity index (χ1n) is 7.35. The first-order valence-corrected chi connectivity index (χ1v) is 9.97. The topological polar surface area (TPSA) is 101 Å². The molecule has 0 aliphatic carbocycles. The van der Waals surface area contributed by atoms with E-state index in [-0.39, 0.29) is 29.4 Å². The highest BCUT2D eigenvalue weighted by Gasteiger charge is 2.13. The number of hydrogen-bond donors (Lipinski definition) is 1. The van der Waals surface area contributed by atoms with E-state index < -0.39 is 0 Å². The van der Waals surface area contributed by atoms with Gasteiger partial charge in [0, 0.05) is 5.02 Å². The average Bonchev–Trinajstić information content (AvgIpc) is 3.28. The van der Waals surface area contributed by atoms with Crippen molar-refractivity contribution in [3.63, 3.8) is 0 Å². The van der Waals surface area contributed by atoms with Crippen molar-refractivity contribution in [2.24, 2.45) is 0 Å². The van der Waals surface area contributed by atoms with Gasteiger partial charge in [-0.2, -0.15) is 5.26 Å². The average molecular weight is 441 g/mol. The monoisotopic (exact) mass is 440 g/mol. The number of nitrogens with one attached hydrogen (secondary N) is 1. The first kappa shape index (κ1) is 19.5. The number of thioether (sulfide) groups is 1. The maximum absolute atomic E-state index is 12.0. The zero-order chi connectivity index (χ0) is 19.2. The van der Waals surface area contributed by atoms with Crippen LogP contribution in [0, 0.1) is 11.3 Å². The van der Waals surface area contributed by atoms with Gasteiger partial charge in [-0.3, -0.25) is 4.79 Å². The van der Waals surface area contributed by atoms with Crippen LogP contribution in [-0.4, -0.2) is 21.9 Å². The summed E-state index contributed by atoms with van der Waals surface area (Å²) in [5.74, 6) is 0.475. The molecule has 138 valence electrons. The molecule has 0 fully saturated rings. The van der Waals surface area contributed by atoms with Crippen LogP contribution >= 0.6 is 46.3 Å². The number of ether oxygens (including phenoxy) is 1. The van der Waals surface area contributed by atoms with E-state index in [4.69, 9.17) is 37.6 Å². The second-order valence-corrected chi connectivity index (χ2v) is 7.62. The molecule has 1 aromatic carbocycles. The van der Waals surface area contributed by atoms with Crippen LogP contribution < -0.4 is 10.1 Å². The molecule has 0 saturated heterocycles. The van der Waals surface area contributed by atoms with E-state index in [9.17, 15) is 4.79 Å². The highest BCUT2D eigenvalue weighted by Crippen LogP contribution is 2.28. The molecule has 0 unspecified atom stereocenters. The Hall–Kier alpha value is -2.25. The summed E-state index contributed by atoms with van der Waals surface area (Å²) < 4.78 is 10.9. The van der Waals surface area contributed by atoms with Crippen molar-refractivity contribution in [3.8, 4) is 11.8 Å². The van der Waals surface area contributed by atoms with Gasteiger partial charge in [0.2, 0.25) is 5.91 Å². The van der Waals surface area contributed by atoms with Crippen LogP contribution in [0.2, 0.25) is 10.0 Å². The molecule has 3 rings (SSSR count). The third-order valence-electron chi connectivity index (χ3n) is 3.06.